The summed E-state index contributed by atoms with van der Waals surface area (Å²) in [5.74, 6) is -3.16. The van der Waals surface area contributed by atoms with E-state index in [9.17, 15) is 31.9 Å². The fraction of sp³-hybridized carbons (Fsp3) is 0.889. The first kappa shape index (κ1) is 21.8. The van der Waals surface area contributed by atoms with Crippen molar-refractivity contribution in [2.24, 2.45) is 23.7 Å². The molecule has 4 saturated carbocycles. The van der Waals surface area contributed by atoms with E-state index in [4.69, 9.17) is 18.8 Å². The first-order chi connectivity index (χ1) is 14.9. The van der Waals surface area contributed by atoms with E-state index in [0.717, 1.165) is 12.8 Å². The molecule has 178 valence electrons. The van der Waals surface area contributed by atoms with Gasteiger partial charge in [0.15, 0.2) is 0 Å². The molecule has 1 spiro atoms. The number of hydrogen-bond donors (Lipinski definition) is 2. The molecule has 0 aromatic carbocycles. The Morgan fingerprint density at radius 3 is 2.47 bits per heavy atom. The molecule has 0 aromatic rings. The highest BCUT2D eigenvalue weighted by Crippen LogP contribution is 2.75. The van der Waals surface area contributed by atoms with Crippen LogP contribution in [0.2, 0.25) is 0 Å². The van der Waals surface area contributed by atoms with E-state index in [1.165, 1.54) is 0 Å². The first-order valence-electron chi connectivity index (χ1n) is 10.3. The number of aliphatic hydroxyl groups excluding tert-OH is 1. The lowest BCUT2D eigenvalue weighted by Crippen LogP contribution is -2.62. The van der Waals surface area contributed by atoms with Crippen LogP contribution in [0.3, 0.4) is 0 Å². The number of ether oxygens (including phenoxy) is 3. The lowest BCUT2D eigenvalue weighted by molar-refractivity contribution is -0.202. The molecule has 14 heteroatoms. The Hall–Kier alpha value is -0.670. The van der Waals surface area contributed by atoms with Crippen LogP contribution in [0, 0.1) is 23.7 Å². The SMILES string of the molecule is O=C1OC(O)C2OC3SC4(SC3C12)C1CC2CC4CC(OC(=O)C(F)(F)S(=O)(=O)O)(C2)C1. The molecule has 3 aliphatic heterocycles. The Bertz CT molecular complexity index is 988. The molecule has 9 nitrogen and oxygen atoms in total. The summed E-state index contributed by atoms with van der Waals surface area (Å²) in [5.41, 5.74) is -1.50. The fourth-order valence-corrected chi connectivity index (χ4v) is 11.6. The molecule has 0 amide bonds. The number of esters is 2. The standard InChI is InChI=1S/C18H20F2O9S3/c19-18(20,32(24,25)26)15(23)29-16-3-6-1-7(4-16)17(8(2-6)5-16)30-11-9-10(27-14(11)31-17)13(22)28-12(9)21/h6-11,13-14,22H,1-5H2,(H,24,25,26). The number of thioether (sulfide) groups is 2. The smallest absolute Gasteiger partial charge is 0.454 e. The summed E-state index contributed by atoms with van der Waals surface area (Å²) < 4.78 is 74.1. The molecule has 7 atom stereocenters. The molecule has 4 bridgehead atoms. The van der Waals surface area contributed by atoms with Crippen molar-refractivity contribution < 1.29 is 50.7 Å². The molecule has 4 aliphatic carbocycles. The van der Waals surface area contributed by atoms with Gasteiger partial charge in [-0.15, -0.1) is 23.5 Å². The van der Waals surface area contributed by atoms with Crippen LogP contribution < -0.4 is 0 Å². The van der Waals surface area contributed by atoms with Gasteiger partial charge in [-0.1, -0.05) is 0 Å². The summed E-state index contributed by atoms with van der Waals surface area (Å²) in [5, 5.41) is 4.69. The Kier molecular flexibility index (Phi) is 4.44. The third-order valence-corrected chi connectivity index (χ3v) is 12.9. The number of carbonyl (C=O) groups excluding carboxylic acids is 2. The van der Waals surface area contributed by atoms with Crippen molar-refractivity contribution in [3.05, 3.63) is 0 Å². The van der Waals surface area contributed by atoms with Gasteiger partial charge in [0, 0.05) is 0 Å². The maximum Gasteiger partial charge on any atom is 0.465 e. The summed E-state index contributed by atoms with van der Waals surface area (Å²) in [4.78, 5) is 24.3. The van der Waals surface area contributed by atoms with Crippen molar-refractivity contribution in [2.75, 3.05) is 0 Å². The monoisotopic (exact) mass is 514 g/mol. The lowest BCUT2D eigenvalue weighted by atomic mass is 9.53. The number of fused-ring (bicyclic) bond motifs is 3. The van der Waals surface area contributed by atoms with Crippen molar-refractivity contribution >= 4 is 45.6 Å². The summed E-state index contributed by atoms with van der Waals surface area (Å²) in [7, 11) is -5.93. The second kappa shape index (κ2) is 6.51. The summed E-state index contributed by atoms with van der Waals surface area (Å²) >= 11 is 3.24. The van der Waals surface area contributed by atoms with Crippen LogP contribution in [-0.2, 0) is 33.9 Å². The van der Waals surface area contributed by atoms with Gasteiger partial charge in [-0.25, -0.2) is 4.79 Å². The van der Waals surface area contributed by atoms with Gasteiger partial charge in [0.2, 0.25) is 6.29 Å². The first-order valence-corrected chi connectivity index (χ1v) is 13.5. The van der Waals surface area contributed by atoms with Gasteiger partial charge in [0.25, 0.3) is 0 Å². The normalized spacial score (nSPS) is 51.1. The zero-order chi connectivity index (χ0) is 22.8. The van der Waals surface area contributed by atoms with E-state index in [1.807, 2.05) is 0 Å². The number of alkyl halides is 2. The van der Waals surface area contributed by atoms with Gasteiger partial charge in [-0.2, -0.15) is 17.2 Å². The van der Waals surface area contributed by atoms with Crippen LogP contribution in [0.5, 0.6) is 0 Å². The molecule has 7 unspecified atom stereocenters. The van der Waals surface area contributed by atoms with E-state index in [-0.39, 0.29) is 32.5 Å². The molecule has 2 N–H and O–H groups in total. The van der Waals surface area contributed by atoms with Crippen molar-refractivity contribution in [3.63, 3.8) is 0 Å². The second-order valence-corrected chi connectivity index (χ2v) is 14.2. The average Bonchev–Trinajstić information content (AvgIpc) is 3.27. The van der Waals surface area contributed by atoms with Crippen molar-refractivity contribution in [1.82, 2.24) is 0 Å². The van der Waals surface area contributed by atoms with Crippen molar-refractivity contribution in [3.8, 4) is 0 Å². The maximum atomic E-state index is 13.9. The lowest BCUT2D eigenvalue weighted by Gasteiger charge is -2.63. The number of halogens is 2. The number of hydrogen-bond acceptors (Lipinski definition) is 10. The predicted molar refractivity (Wildman–Crippen MR) is 105 cm³/mol. The van der Waals surface area contributed by atoms with Crippen molar-refractivity contribution in [1.29, 1.82) is 0 Å². The van der Waals surface area contributed by atoms with Crippen molar-refractivity contribution in [2.45, 2.75) is 70.1 Å². The highest BCUT2D eigenvalue weighted by Gasteiger charge is 2.72. The van der Waals surface area contributed by atoms with Crippen LogP contribution in [-0.4, -0.2) is 68.0 Å². The molecule has 32 heavy (non-hydrogen) atoms. The van der Waals surface area contributed by atoms with Crippen LogP contribution in [0.4, 0.5) is 8.78 Å². The van der Waals surface area contributed by atoms with E-state index < -0.39 is 51.2 Å². The third kappa shape index (κ3) is 2.76. The molecule has 3 saturated heterocycles. The Morgan fingerprint density at radius 1 is 1.19 bits per heavy atom. The second-order valence-electron chi connectivity index (χ2n) is 9.65. The highest BCUT2D eigenvalue weighted by atomic mass is 32.2. The van der Waals surface area contributed by atoms with Gasteiger partial charge in [-0.3, -0.25) is 9.35 Å². The minimum absolute atomic E-state index is 0.00842. The Labute approximate surface area is 190 Å². The van der Waals surface area contributed by atoms with Gasteiger partial charge >= 0.3 is 27.3 Å². The average molecular weight is 515 g/mol. The fourth-order valence-electron chi connectivity index (χ4n) is 6.82. The Balaban J connectivity index is 1.25. The van der Waals surface area contributed by atoms with E-state index in [0.29, 0.717) is 19.3 Å². The minimum atomic E-state index is -5.93. The van der Waals surface area contributed by atoms with Crippen LogP contribution >= 0.6 is 23.5 Å². The molecule has 3 heterocycles. The van der Waals surface area contributed by atoms with Crippen LogP contribution in [0.1, 0.15) is 32.1 Å². The topological polar surface area (TPSA) is 136 Å². The molecule has 7 fully saturated rings. The third-order valence-electron chi connectivity index (χ3n) is 7.82. The summed E-state index contributed by atoms with van der Waals surface area (Å²) in [6.45, 7) is 0. The number of aliphatic hydroxyl groups is 1. The number of carbonyl (C=O) groups is 2. The maximum absolute atomic E-state index is 13.9. The molecular weight excluding hydrogens is 494 g/mol. The van der Waals surface area contributed by atoms with E-state index in [1.54, 1.807) is 23.5 Å². The predicted octanol–water partition coefficient (Wildman–Crippen LogP) is 1.35. The van der Waals surface area contributed by atoms with Gasteiger partial charge in [0.05, 0.1) is 9.33 Å². The summed E-state index contributed by atoms with van der Waals surface area (Å²) in [6, 6.07) is 0. The molecule has 7 rings (SSSR count). The minimum Gasteiger partial charge on any atom is -0.454 e. The van der Waals surface area contributed by atoms with Gasteiger partial charge in [-0.05, 0) is 49.9 Å². The zero-order valence-corrected chi connectivity index (χ0v) is 18.8. The molecule has 7 aliphatic rings. The Morgan fingerprint density at radius 2 is 1.84 bits per heavy atom. The van der Waals surface area contributed by atoms with Crippen LogP contribution in [0.25, 0.3) is 0 Å². The largest absolute Gasteiger partial charge is 0.465 e. The van der Waals surface area contributed by atoms with Gasteiger partial charge in [0.1, 0.15) is 23.1 Å². The van der Waals surface area contributed by atoms with E-state index in [2.05, 4.69) is 0 Å². The van der Waals surface area contributed by atoms with Gasteiger partial charge < -0.3 is 19.3 Å². The number of rotatable bonds is 3. The van der Waals surface area contributed by atoms with E-state index >= 15 is 0 Å². The van der Waals surface area contributed by atoms with Crippen LogP contribution in [0.15, 0.2) is 0 Å². The molecule has 0 radical (unpaired) electrons. The molecular formula is C18H20F2O9S3. The quantitative estimate of drug-likeness (QED) is 0.417. The summed E-state index contributed by atoms with van der Waals surface area (Å²) in [6.07, 6.45) is 0.631. The number of cyclic esters (lactones) is 1. The highest BCUT2D eigenvalue weighted by molar-refractivity contribution is 8.22. The zero-order valence-electron chi connectivity index (χ0n) is 16.4. The molecule has 0 aromatic heterocycles.